The van der Waals surface area contributed by atoms with E-state index >= 15 is 0 Å². The smallest absolute Gasteiger partial charge is 0.347 e. The maximum atomic E-state index is 13.0. The third-order valence-corrected chi connectivity index (χ3v) is 6.08. The van der Waals surface area contributed by atoms with E-state index in [-0.39, 0.29) is 15.9 Å². The fourth-order valence-corrected chi connectivity index (χ4v) is 4.60. The summed E-state index contributed by atoms with van der Waals surface area (Å²) in [5, 5.41) is 0. The Morgan fingerprint density at radius 1 is 1.29 bits per heavy atom. The molecular weight excluding hydrogens is 423 g/mol. The lowest BCUT2D eigenvalue weighted by Crippen LogP contribution is -2.39. The summed E-state index contributed by atoms with van der Waals surface area (Å²) in [6, 6.07) is 9.46. The van der Waals surface area contributed by atoms with Crippen molar-refractivity contribution >= 4 is 36.0 Å². The molecule has 2 rings (SSSR count). The van der Waals surface area contributed by atoms with Gasteiger partial charge in [-0.05, 0) is 32.9 Å². The largest absolute Gasteiger partial charge is 0.462 e. The van der Waals surface area contributed by atoms with E-state index in [0.29, 0.717) is 0 Å². The van der Waals surface area contributed by atoms with Crippen LogP contribution in [0.4, 0.5) is 0 Å². The molecule has 1 aliphatic rings. The topological polar surface area (TPSA) is 61.8 Å². The average Bonchev–Trinajstić information content (AvgIpc) is 2.88. The average molecular weight is 444 g/mol. The first-order valence-electron chi connectivity index (χ1n) is 7.64. The van der Waals surface area contributed by atoms with Gasteiger partial charge in [0.05, 0.1) is 6.61 Å². The molecular formula is C18H21IO5. The Balaban J connectivity index is 2.36. The molecule has 0 radical (unpaired) electrons. The van der Waals surface area contributed by atoms with E-state index in [2.05, 4.69) is 6.58 Å². The van der Waals surface area contributed by atoms with Gasteiger partial charge in [0.25, 0.3) is 0 Å². The van der Waals surface area contributed by atoms with Crippen LogP contribution in [0.5, 0.6) is 0 Å². The minimum absolute atomic E-state index is 0.167. The van der Waals surface area contributed by atoms with Gasteiger partial charge in [0.2, 0.25) is 5.78 Å². The van der Waals surface area contributed by atoms with Crippen LogP contribution in [0, 0.1) is 3.57 Å². The van der Waals surface area contributed by atoms with Gasteiger partial charge in [-0.2, -0.15) is 0 Å². The van der Waals surface area contributed by atoms with E-state index < -0.39 is 44.7 Å². The Morgan fingerprint density at radius 3 is 2.54 bits per heavy atom. The highest BCUT2D eigenvalue weighted by Crippen LogP contribution is 2.30. The first-order valence-corrected chi connectivity index (χ1v) is 9.80. The number of carbonyl (C=O) groups excluding carboxylic acids is 2. The van der Waals surface area contributed by atoms with Crippen molar-refractivity contribution in [1.82, 2.24) is 0 Å². The third kappa shape index (κ3) is 4.58. The number of carbonyl (C=O) groups is 2. The van der Waals surface area contributed by atoms with Gasteiger partial charge in [-0.15, -0.1) is 6.58 Å². The molecule has 1 heterocycles. The molecule has 1 fully saturated rings. The van der Waals surface area contributed by atoms with Crippen LogP contribution in [-0.4, -0.2) is 39.9 Å². The van der Waals surface area contributed by atoms with Gasteiger partial charge in [-0.3, -0.25) is 4.79 Å². The summed E-state index contributed by atoms with van der Waals surface area (Å²) in [6.45, 7) is 9.08. The molecule has 0 spiro atoms. The number of ether oxygens (including phenoxy) is 3. The van der Waals surface area contributed by atoms with Crippen LogP contribution in [0.2, 0.25) is 0 Å². The normalized spacial score (nSPS) is 23.2. The molecule has 24 heavy (non-hydrogen) atoms. The monoisotopic (exact) mass is 444 g/mol. The molecule has 6 heteroatoms. The summed E-state index contributed by atoms with van der Waals surface area (Å²) < 4.78 is 17.6. The van der Waals surface area contributed by atoms with Crippen molar-refractivity contribution in [2.45, 2.75) is 38.8 Å². The van der Waals surface area contributed by atoms with Crippen LogP contribution in [-0.2, 0) is 23.8 Å². The summed E-state index contributed by atoms with van der Waals surface area (Å²) in [6.07, 6.45) is 0.0676. The SMILES string of the molecule is C=C[C@H]1OC(C)(C)O[C@H]1C(=O)C(=Ic1ccccc1)C(=O)OCC. The highest BCUT2D eigenvalue weighted by atomic mass is 127. The Morgan fingerprint density at radius 2 is 1.96 bits per heavy atom. The second-order valence-electron chi connectivity index (χ2n) is 5.55. The van der Waals surface area contributed by atoms with Crippen molar-refractivity contribution in [3.05, 3.63) is 46.6 Å². The van der Waals surface area contributed by atoms with E-state index in [9.17, 15) is 9.59 Å². The summed E-state index contributed by atoms with van der Waals surface area (Å²) in [5.41, 5.74) is 0. The Hall–Kier alpha value is -1.38. The van der Waals surface area contributed by atoms with Crippen molar-refractivity contribution in [2.24, 2.45) is 0 Å². The van der Waals surface area contributed by atoms with Crippen LogP contribution in [0.3, 0.4) is 0 Å². The zero-order valence-electron chi connectivity index (χ0n) is 14.0. The summed E-state index contributed by atoms with van der Waals surface area (Å²) in [4.78, 5) is 25.3. The number of benzene rings is 1. The van der Waals surface area contributed by atoms with Crippen LogP contribution in [0.15, 0.2) is 43.0 Å². The Bertz CT molecular complexity index is 651. The van der Waals surface area contributed by atoms with Crippen molar-refractivity contribution in [3.63, 3.8) is 0 Å². The summed E-state index contributed by atoms with van der Waals surface area (Å²) in [7, 11) is 0. The molecule has 0 aliphatic carbocycles. The van der Waals surface area contributed by atoms with Gasteiger partial charge in [0, 0.05) is 3.57 Å². The second kappa shape index (κ2) is 8.13. The number of Topliss-reactive ketones (excluding diaryl/α,β-unsaturated/α-hetero) is 1. The maximum Gasteiger partial charge on any atom is 0.347 e. The summed E-state index contributed by atoms with van der Waals surface area (Å²) in [5.74, 6) is -1.85. The lowest BCUT2D eigenvalue weighted by Gasteiger charge is -2.16. The molecule has 1 aromatic rings. The minimum Gasteiger partial charge on any atom is -0.462 e. The number of rotatable bonds is 6. The van der Waals surface area contributed by atoms with Crippen LogP contribution >= 0.6 is 20.7 Å². The van der Waals surface area contributed by atoms with Gasteiger partial charge < -0.3 is 14.2 Å². The van der Waals surface area contributed by atoms with E-state index in [1.165, 1.54) is 6.08 Å². The second-order valence-corrected chi connectivity index (χ2v) is 8.41. The lowest BCUT2D eigenvalue weighted by molar-refractivity contribution is -0.151. The van der Waals surface area contributed by atoms with Gasteiger partial charge in [-0.1, -0.05) is 45.0 Å². The van der Waals surface area contributed by atoms with Crippen molar-refractivity contribution in [3.8, 4) is 0 Å². The highest BCUT2D eigenvalue weighted by molar-refractivity contribution is 14.2. The molecule has 0 saturated carbocycles. The van der Waals surface area contributed by atoms with E-state index in [1.807, 2.05) is 30.3 Å². The predicted octanol–water partition coefficient (Wildman–Crippen LogP) is 2.84. The molecule has 1 aromatic carbocycles. The van der Waals surface area contributed by atoms with Crippen LogP contribution in [0.25, 0.3) is 0 Å². The molecule has 1 aliphatic heterocycles. The molecule has 1 saturated heterocycles. The molecule has 130 valence electrons. The number of hydrogen-bond donors (Lipinski definition) is 0. The highest BCUT2D eigenvalue weighted by Gasteiger charge is 2.45. The minimum atomic E-state index is -0.984. The molecule has 0 amide bonds. The molecule has 0 unspecified atom stereocenters. The third-order valence-electron chi connectivity index (χ3n) is 3.23. The summed E-state index contributed by atoms with van der Waals surface area (Å²) >= 11 is -0.984. The van der Waals surface area contributed by atoms with Gasteiger partial charge >= 0.3 is 5.97 Å². The maximum absolute atomic E-state index is 13.0. The molecule has 5 nitrogen and oxygen atoms in total. The molecule has 0 N–H and O–H groups in total. The number of esters is 1. The number of hydrogen-bond acceptors (Lipinski definition) is 5. The zero-order valence-corrected chi connectivity index (χ0v) is 16.1. The molecule has 0 aromatic heterocycles. The van der Waals surface area contributed by atoms with Crippen molar-refractivity contribution in [2.75, 3.05) is 6.61 Å². The zero-order chi connectivity index (χ0) is 17.7. The quantitative estimate of drug-likeness (QED) is 0.292. The first-order chi connectivity index (χ1) is 11.4. The van der Waals surface area contributed by atoms with E-state index in [1.54, 1.807) is 20.8 Å². The first kappa shape index (κ1) is 19.0. The fraction of sp³-hybridized carbons (Fsp3) is 0.389. The fourth-order valence-electron chi connectivity index (χ4n) is 2.26. The predicted molar refractivity (Wildman–Crippen MR) is 99.8 cm³/mol. The number of ketones is 1. The molecule has 2 atom stereocenters. The van der Waals surface area contributed by atoms with Gasteiger partial charge in [-0.25, -0.2) is 4.79 Å². The van der Waals surface area contributed by atoms with Crippen LogP contribution in [0.1, 0.15) is 20.8 Å². The van der Waals surface area contributed by atoms with Gasteiger partial charge in [0.15, 0.2) is 11.9 Å². The van der Waals surface area contributed by atoms with Crippen molar-refractivity contribution < 1.29 is 23.8 Å². The van der Waals surface area contributed by atoms with Gasteiger partial charge in [0.1, 0.15) is 9.61 Å². The van der Waals surface area contributed by atoms with Crippen molar-refractivity contribution in [1.29, 1.82) is 0 Å². The standard InChI is InChI=1S/C18H21IO5/c1-5-13-16(24-18(3,4)23-13)15(20)14(17(21)22-6-2)19-12-10-8-7-9-11-12/h5,7-11,13,16H,1,6H2,2-4H3/t13-,16-/m1/s1. The Kier molecular flexibility index (Phi) is 6.42. The lowest BCUT2D eigenvalue weighted by atomic mass is 10.1. The van der Waals surface area contributed by atoms with Crippen LogP contribution < -0.4 is 0 Å². The molecule has 0 bridgehead atoms. The van der Waals surface area contributed by atoms with E-state index in [4.69, 9.17) is 14.2 Å². The van der Waals surface area contributed by atoms with E-state index in [0.717, 1.165) is 3.57 Å². The Labute approximate surface area is 151 Å². The number of halogens is 1.